The van der Waals surface area contributed by atoms with Crippen LogP contribution >= 0.6 is 0 Å². The Kier molecular flexibility index (Phi) is 5.06. The van der Waals surface area contributed by atoms with E-state index in [0.717, 1.165) is 12.0 Å². The normalized spacial score (nSPS) is 13.7. The summed E-state index contributed by atoms with van der Waals surface area (Å²) < 4.78 is 0. The van der Waals surface area contributed by atoms with Crippen LogP contribution in [0.3, 0.4) is 0 Å². The van der Waals surface area contributed by atoms with E-state index in [4.69, 9.17) is 11.5 Å². The number of hydrogen-bond acceptors (Lipinski definition) is 3. The van der Waals surface area contributed by atoms with E-state index in [2.05, 4.69) is 5.32 Å². The summed E-state index contributed by atoms with van der Waals surface area (Å²) >= 11 is 0. The molecule has 0 spiro atoms. The van der Waals surface area contributed by atoms with E-state index in [1.807, 2.05) is 13.8 Å². The minimum atomic E-state index is -0.541. The van der Waals surface area contributed by atoms with Gasteiger partial charge in [-0.25, -0.2) is 0 Å². The number of nitrogens with two attached hydrogens (primary N) is 2. The minimum absolute atomic E-state index is 0.116. The summed E-state index contributed by atoms with van der Waals surface area (Å²) in [7, 11) is 0. The van der Waals surface area contributed by atoms with Gasteiger partial charge in [0.15, 0.2) is 0 Å². The molecule has 2 atom stereocenters. The number of anilines is 1. The van der Waals surface area contributed by atoms with Crippen molar-refractivity contribution < 1.29 is 9.59 Å². The van der Waals surface area contributed by atoms with Crippen molar-refractivity contribution in [1.82, 2.24) is 0 Å². The lowest BCUT2D eigenvalue weighted by atomic mass is 9.99. The van der Waals surface area contributed by atoms with Crippen LogP contribution in [-0.4, -0.2) is 17.9 Å². The third kappa shape index (κ3) is 3.79. The average Bonchev–Trinajstić information content (AvgIpc) is 2.38. The highest BCUT2D eigenvalue weighted by Gasteiger charge is 2.20. The molecule has 5 heteroatoms. The van der Waals surface area contributed by atoms with E-state index in [-0.39, 0.29) is 11.8 Å². The first-order chi connectivity index (χ1) is 8.86. The minimum Gasteiger partial charge on any atom is -0.366 e. The molecule has 1 aromatic rings. The van der Waals surface area contributed by atoms with Crippen molar-refractivity contribution in [1.29, 1.82) is 0 Å². The Labute approximate surface area is 113 Å². The number of primary amides is 1. The molecule has 2 amide bonds. The molecule has 0 aliphatic rings. The number of aryl methyl sites for hydroxylation is 1. The largest absolute Gasteiger partial charge is 0.366 e. The van der Waals surface area contributed by atoms with Gasteiger partial charge in [-0.05, 0) is 36.6 Å². The average molecular weight is 263 g/mol. The highest BCUT2D eigenvalue weighted by atomic mass is 16.2. The predicted octanol–water partition coefficient (Wildman–Crippen LogP) is 1.41. The van der Waals surface area contributed by atoms with E-state index >= 15 is 0 Å². The molecule has 0 saturated carbocycles. The van der Waals surface area contributed by atoms with Gasteiger partial charge in [-0.3, -0.25) is 9.59 Å². The van der Waals surface area contributed by atoms with Crippen LogP contribution < -0.4 is 16.8 Å². The van der Waals surface area contributed by atoms with Crippen molar-refractivity contribution in [3.63, 3.8) is 0 Å². The summed E-state index contributed by atoms with van der Waals surface area (Å²) in [6.07, 6.45) is 0.841. The first-order valence-corrected chi connectivity index (χ1v) is 6.33. The highest BCUT2D eigenvalue weighted by Crippen LogP contribution is 2.17. The van der Waals surface area contributed by atoms with Crippen LogP contribution in [0.1, 0.15) is 36.2 Å². The maximum Gasteiger partial charge on any atom is 0.248 e. The third-order valence-electron chi connectivity index (χ3n) is 3.33. The molecule has 0 aliphatic heterocycles. The lowest BCUT2D eigenvalue weighted by Gasteiger charge is -2.18. The molecule has 104 valence electrons. The lowest BCUT2D eigenvalue weighted by Crippen LogP contribution is -2.40. The van der Waals surface area contributed by atoms with Crippen LogP contribution in [0.4, 0.5) is 5.69 Å². The Morgan fingerprint density at radius 1 is 1.37 bits per heavy atom. The molecule has 1 rings (SSSR count). The van der Waals surface area contributed by atoms with Crippen LogP contribution in [0, 0.1) is 12.8 Å². The van der Waals surface area contributed by atoms with E-state index in [0.29, 0.717) is 11.3 Å². The van der Waals surface area contributed by atoms with E-state index < -0.39 is 11.9 Å². The first-order valence-electron chi connectivity index (χ1n) is 6.33. The molecule has 0 unspecified atom stereocenters. The molecule has 0 saturated heterocycles. The number of amides is 2. The summed E-state index contributed by atoms with van der Waals surface area (Å²) in [6.45, 7) is 5.73. The monoisotopic (exact) mass is 263 g/mol. The second-order valence-corrected chi connectivity index (χ2v) is 4.79. The fourth-order valence-electron chi connectivity index (χ4n) is 1.69. The number of carbonyl (C=O) groups excluding carboxylic acids is 2. The molecule has 0 heterocycles. The van der Waals surface area contributed by atoms with Gasteiger partial charge in [0, 0.05) is 11.3 Å². The standard InChI is InChI=1S/C14H21N3O2/c1-4-8(2)12(15)14(19)17-11-6-5-10(13(16)18)7-9(11)3/h5-8,12H,4,15H2,1-3H3,(H2,16,18)(H,17,19)/t8-,12-/m0/s1. The Morgan fingerprint density at radius 2 is 2.00 bits per heavy atom. The quantitative estimate of drug-likeness (QED) is 0.749. The molecule has 0 bridgehead atoms. The second kappa shape index (κ2) is 6.33. The molecular weight excluding hydrogens is 242 g/mol. The smallest absolute Gasteiger partial charge is 0.248 e. The van der Waals surface area contributed by atoms with E-state index in [9.17, 15) is 9.59 Å². The van der Waals surface area contributed by atoms with Gasteiger partial charge in [0.05, 0.1) is 6.04 Å². The first kappa shape index (κ1) is 15.2. The van der Waals surface area contributed by atoms with Crippen molar-refractivity contribution in [2.75, 3.05) is 5.32 Å². The summed E-state index contributed by atoms with van der Waals surface area (Å²) in [5.74, 6) is -0.591. The van der Waals surface area contributed by atoms with Gasteiger partial charge < -0.3 is 16.8 Å². The Hall–Kier alpha value is -1.88. The van der Waals surface area contributed by atoms with E-state index in [1.165, 1.54) is 0 Å². The molecular formula is C14H21N3O2. The van der Waals surface area contributed by atoms with Gasteiger partial charge in [0.1, 0.15) is 0 Å². The summed E-state index contributed by atoms with van der Waals surface area (Å²) in [5.41, 5.74) is 12.9. The number of hydrogen-bond donors (Lipinski definition) is 3. The van der Waals surface area contributed by atoms with Gasteiger partial charge in [-0.1, -0.05) is 20.3 Å². The third-order valence-corrected chi connectivity index (χ3v) is 3.33. The molecule has 5 N–H and O–H groups in total. The topological polar surface area (TPSA) is 98.2 Å². The predicted molar refractivity (Wildman–Crippen MR) is 75.8 cm³/mol. The van der Waals surface area contributed by atoms with Gasteiger partial charge in [0.2, 0.25) is 11.8 Å². The van der Waals surface area contributed by atoms with Crippen molar-refractivity contribution in [3.8, 4) is 0 Å². The highest BCUT2D eigenvalue weighted by molar-refractivity contribution is 5.97. The number of rotatable bonds is 5. The van der Waals surface area contributed by atoms with Gasteiger partial charge in [-0.2, -0.15) is 0 Å². The van der Waals surface area contributed by atoms with E-state index in [1.54, 1.807) is 25.1 Å². The van der Waals surface area contributed by atoms with Crippen LogP contribution in [-0.2, 0) is 4.79 Å². The SMILES string of the molecule is CC[C@H](C)[C@H](N)C(=O)Nc1ccc(C(N)=O)cc1C. The van der Waals surface area contributed by atoms with Crippen LogP contribution in [0.5, 0.6) is 0 Å². The Balaban J connectivity index is 2.83. The van der Waals surface area contributed by atoms with Crippen molar-refractivity contribution >= 4 is 17.5 Å². The number of carbonyl (C=O) groups is 2. The zero-order valence-electron chi connectivity index (χ0n) is 11.6. The molecule has 1 aromatic carbocycles. The zero-order valence-corrected chi connectivity index (χ0v) is 11.6. The molecule has 0 aliphatic carbocycles. The summed E-state index contributed by atoms with van der Waals surface area (Å²) in [6, 6.07) is 4.35. The summed E-state index contributed by atoms with van der Waals surface area (Å²) in [5, 5.41) is 2.78. The number of benzene rings is 1. The van der Waals surface area contributed by atoms with Crippen molar-refractivity contribution in [2.24, 2.45) is 17.4 Å². The van der Waals surface area contributed by atoms with Crippen molar-refractivity contribution in [3.05, 3.63) is 29.3 Å². The van der Waals surface area contributed by atoms with Crippen LogP contribution in [0.25, 0.3) is 0 Å². The van der Waals surface area contributed by atoms with Crippen LogP contribution in [0.2, 0.25) is 0 Å². The summed E-state index contributed by atoms with van der Waals surface area (Å²) in [4.78, 5) is 23.0. The Morgan fingerprint density at radius 3 is 2.47 bits per heavy atom. The fraction of sp³-hybridized carbons (Fsp3) is 0.429. The molecule has 19 heavy (non-hydrogen) atoms. The number of nitrogens with one attached hydrogen (secondary N) is 1. The molecule has 0 fully saturated rings. The maximum absolute atomic E-state index is 12.0. The lowest BCUT2D eigenvalue weighted by molar-refractivity contribution is -0.118. The van der Waals surface area contributed by atoms with Gasteiger partial charge in [0.25, 0.3) is 0 Å². The molecule has 0 aromatic heterocycles. The molecule has 5 nitrogen and oxygen atoms in total. The maximum atomic E-state index is 12.0. The fourth-order valence-corrected chi connectivity index (χ4v) is 1.69. The van der Waals surface area contributed by atoms with Crippen molar-refractivity contribution in [2.45, 2.75) is 33.2 Å². The van der Waals surface area contributed by atoms with Crippen LogP contribution in [0.15, 0.2) is 18.2 Å². The van der Waals surface area contributed by atoms with Gasteiger partial charge >= 0.3 is 0 Å². The zero-order chi connectivity index (χ0) is 14.6. The van der Waals surface area contributed by atoms with Gasteiger partial charge in [-0.15, -0.1) is 0 Å². The second-order valence-electron chi connectivity index (χ2n) is 4.79. The Bertz CT molecular complexity index is 486. The molecule has 0 radical (unpaired) electrons.